The van der Waals surface area contributed by atoms with Crippen molar-refractivity contribution >= 4 is 12.0 Å². The molecule has 0 aliphatic heterocycles. The molecule has 1 aromatic rings. The van der Waals surface area contributed by atoms with Crippen molar-refractivity contribution < 1.29 is 14.7 Å². The molecule has 1 heterocycles. The maximum absolute atomic E-state index is 11.6. The van der Waals surface area contributed by atoms with E-state index in [1.807, 2.05) is 0 Å². The number of nitrogens with zero attached hydrogens (tertiary/aromatic N) is 3. The van der Waals surface area contributed by atoms with Gasteiger partial charge in [-0.3, -0.25) is 4.79 Å². The Kier molecular flexibility index (Phi) is 3.70. The lowest BCUT2D eigenvalue weighted by atomic mass is 10.0. The summed E-state index contributed by atoms with van der Waals surface area (Å²) in [6.45, 7) is 0.146. The van der Waals surface area contributed by atoms with E-state index in [9.17, 15) is 9.59 Å². The van der Waals surface area contributed by atoms with E-state index in [-0.39, 0.29) is 12.6 Å². The third kappa shape index (κ3) is 2.93. The van der Waals surface area contributed by atoms with E-state index in [0.29, 0.717) is 18.7 Å². The molecule has 2 amide bonds. The van der Waals surface area contributed by atoms with E-state index >= 15 is 0 Å². The Balaban J connectivity index is 1.78. The fourth-order valence-electron chi connectivity index (χ4n) is 2.06. The Bertz CT molecular complexity index is 420. The normalized spacial score (nSPS) is 22.7. The number of carbonyl (C=O) groups excluding carboxylic acids is 1. The summed E-state index contributed by atoms with van der Waals surface area (Å²) < 4.78 is 0. The van der Waals surface area contributed by atoms with Gasteiger partial charge in [-0.25, -0.2) is 4.79 Å². The van der Waals surface area contributed by atoms with Crippen molar-refractivity contribution in [3.05, 3.63) is 5.82 Å². The molecule has 2 unspecified atom stereocenters. The second-order valence-electron chi connectivity index (χ2n) is 4.14. The smallest absolute Gasteiger partial charge is 0.315 e. The van der Waals surface area contributed by atoms with E-state index in [1.165, 1.54) is 0 Å². The van der Waals surface area contributed by atoms with Gasteiger partial charge in [0, 0.05) is 6.04 Å². The van der Waals surface area contributed by atoms with E-state index in [1.54, 1.807) is 0 Å². The van der Waals surface area contributed by atoms with Gasteiger partial charge >= 0.3 is 12.0 Å². The Morgan fingerprint density at radius 2 is 2.28 bits per heavy atom. The number of aliphatic carboxylic acids is 1. The van der Waals surface area contributed by atoms with Crippen molar-refractivity contribution in [1.82, 2.24) is 31.3 Å². The van der Waals surface area contributed by atoms with Crippen molar-refractivity contribution in [2.45, 2.75) is 31.8 Å². The first-order valence-electron chi connectivity index (χ1n) is 5.66. The van der Waals surface area contributed by atoms with Crippen LogP contribution in [0.4, 0.5) is 4.79 Å². The zero-order valence-corrected chi connectivity index (χ0v) is 9.59. The summed E-state index contributed by atoms with van der Waals surface area (Å²) in [5.74, 6) is -0.997. The molecule has 9 nitrogen and oxygen atoms in total. The number of carboxylic acid groups (broad SMARTS) is 1. The molecule has 2 atom stereocenters. The quantitative estimate of drug-likeness (QED) is 0.559. The number of nitrogens with one attached hydrogen (secondary N) is 3. The van der Waals surface area contributed by atoms with Crippen LogP contribution in [0.25, 0.3) is 0 Å². The summed E-state index contributed by atoms with van der Waals surface area (Å²) in [6, 6.07) is -0.731. The van der Waals surface area contributed by atoms with Crippen LogP contribution in [-0.2, 0) is 11.3 Å². The van der Waals surface area contributed by atoms with E-state index < -0.39 is 17.9 Å². The highest BCUT2D eigenvalue weighted by Gasteiger charge is 2.33. The molecular formula is C9H14N6O3. The first-order valence-corrected chi connectivity index (χ1v) is 5.66. The summed E-state index contributed by atoms with van der Waals surface area (Å²) in [7, 11) is 0. The van der Waals surface area contributed by atoms with Crippen LogP contribution in [-0.4, -0.2) is 43.8 Å². The van der Waals surface area contributed by atoms with Gasteiger partial charge in [-0.05, 0) is 12.8 Å². The number of hydrogen-bond donors (Lipinski definition) is 4. The predicted molar refractivity (Wildman–Crippen MR) is 58.3 cm³/mol. The van der Waals surface area contributed by atoms with E-state index in [4.69, 9.17) is 5.11 Å². The number of aromatic nitrogens is 4. The van der Waals surface area contributed by atoms with Crippen molar-refractivity contribution in [2.24, 2.45) is 5.92 Å². The highest BCUT2D eigenvalue weighted by atomic mass is 16.4. The number of urea groups is 1. The first-order chi connectivity index (χ1) is 8.66. The minimum atomic E-state index is -0.865. The average molecular weight is 254 g/mol. The van der Waals surface area contributed by atoms with Crippen LogP contribution in [0.5, 0.6) is 0 Å². The molecule has 18 heavy (non-hydrogen) atoms. The zero-order valence-electron chi connectivity index (χ0n) is 9.59. The summed E-state index contributed by atoms with van der Waals surface area (Å²) >= 11 is 0. The van der Waals surface area contributed by atoms with Crippen molar-refractivity contribution in [1.29, 1.82) is 0 Å². The Morgan fingerprint density at radius 1 is 1.44 bits per heavy atom. The summed E-state index contributed by atoms with van der Waals surface area (Å²) in [4.78, 5) is 22.5. The number of aromatic amines is 1. The highest BCUT2D eigenvalue weighted by Crippen LogP contribution is 2.25. The van der Waals surface area contributed by atoms with Gasteiger partial charge in [0.1, 0.15) is 0 Å². The van der Waals surface area contributed by atoms with Gasteiger partial charge < -0.3 is 15.7 Å². The van der Waals surface area contributed by atoms with Gasteiger partial charge in [-0.15, -0.1) is 10.2 Å². The average Bonchev–Trinajstić information content (AvgIpc) is 2.96. The lowest BCUT2D eigenvalue weighted by Gasteiger charge is -2.17. The van der Waals surface area contributed by atoms with E-state index in [0.717, 1.165) is 6.42 Å². The first kappa shape index (κ1) is 12.3. The summed E-state index contributed by atoms with van der Waals surface area (Å²) in [6.07, 6.45) is 2.10. The molecule has 0 radical (unpaired) electrons. The molecule has 1 aromatic heterocycles. The Morgan fingerprint density at radius 3 is 2.94 bits per heavy atom. The monoisotopic (exact) mass is 254 g/mol. The number of carbonyl (C=O) groups is 2. The highest BCUT2D eigenvalue weighted by molar-refractivity contribution is 5.76. The van der Waals surface area contributed by atoms with Crippen LogP contribution in [0.2, 0.25) is 0 Å². The summed E-state index contributed by atoms with van der Waals surface area (Å²) in [5.41, 5.74) is 0. The molecule has 1 fully saturated rings. The lowest BCUT2D eigenvalue weighted by molar-refractivity contribution is -0.142. The molecule has 1 saturated carbocycles. The van der Waals surface area contributed by atoms with Gasteiger partial charge in [0.2, 0.25) is 0 Å². The molecule has 1 aliphatic rings. The van der Waals surface area contributed by atoms with Gasteiger partial charge in [-0.1, -0.05) is 11.6 Å². The van der Waals surface area contributed by atoms with Crippen LogP contribution in [0.3, 0.4) is 0 Å². The van der Waals surface area contributed by atoms with E-state index in [2.05, 4.69) is 31.3 Å². The number of carboxylic acids is 1. The van der Waals surface area contributed by atoms with Gasteiger partial charge in [0.25, 0.3) is 0 Å². The minimum absolute atomic E-state index is 0.146. The Labute approximate surface area is 102 Å². The SMILES string of the molecule is O=C(NCc1nn[nH]n1)NC1CCCC1C(=O)O. The zero-order chi connectivity index (χ0) is 13.0. The molecule has 0 saturated heterocycles. The largest absolute Gasteiger partial charge is 0.481 e. The summed E-state index contributed by atoms with van der Waals surface area (Å²) in [5, 5.41) is 27.2. The minimum Gasteiger partial charge on any atom is -0.481 e. The van der Waals surface area contributed by atoms with Crippen molar-refractivity contribution in [2.75, 3.05) is 0 Å². The molecular weight excluding hydrogens is 240 g/mol. The maximum atomic E-state index is 11.6. The maximum Gasteiger partial charge on any atom is 0.315 e. The van der Waals surface area contributed by atoms with Crippen LogP contribution < -0.4 is 10.6 Å². The van der Waals surface area contributed by atoms with Crippen molar-refractivity contribution in [3.8, 4) is 0 Å². The molecule has 2 rings (SSSR count). The molecule has 98 valence electrons. The van der Waals surface area contributed by atoms with Gasteiger partial charge in [0.05, 0.1) is 12.5 Å². The molecule has 0 spiro atoms. The molecule has 1 aliphatic carbocycles. The molecule has 0 aromatic carbocycles. The number of tetrazole rings is 1. The van der Waals surface area contributed by atoms with Crippen LogP contribution in [0.15, 0.2) is 0 Å². The van der Waals surface area contributed by atoms with Gasteiger partial charge in [0.15, 0.2) is 5.82 Å². The third-order valence-electron chi connectivity index (χ3n) is 2.95. The fraction of sp³-hybridized carbons (Fsp3) is 0.667. The lowest BCUT2D eigenvalue weighted by Crippen LogP contribution is -2.45. The Hall–Kier alpha value is -2.19. The van der Waals surface area contributed by atoms with Gasteiger partial charge in [-0.2, -0.15) is 5.21 Å². The third-order valence-corrected chi connectivity index (χ3v) is 2.95. The molecule has 9 heteroatoms. The van der Waals surface area contributed by atoms with Crippen LogP contribution in [0, 0.1) is 5.92 Å². The standard InChI is InChI=1S/C9H14N6O3/c16-8(17)5-2-1-3-6(5)11-9(18)10-4-7-12-14-15-13-7/h5-6H,1-4H2,(H,16,17)(H2,10,11,18)(H,12,13,14,15). The van der Waals surface area contributed by atoms with Crippen LogP contribution >= 0.6 is 0 Å². The molecule has 4 N–H and O–H groups in total. The number of H-pyrrole nitrogens is 1. The second-order valence-corrected chi connectivity index (χ2v) is 4.14. The topological polar surface area (TPSA) is 133 Å². The number of rotatable bonds is 4. The fourth-order valence-corrected chi connectivity index (χ4v) is 2.06. The van der Waals surface area contributed by atoms with Crippen LogP contribution in [0.1, 0.15) is 25.1 Å². The predicted octanol–water partition coefficient (Wildman–Crippen LogP) is -0.748. The van der Waals surface area contributed by atoms with Crippen molar-refractivity contribution in [3.63, 3.8) is 0 Å². The molecule has 0 bridgehead atoms. The second kappa shape index (κ2) is 5.43. The number of hydrogen-bond acceptors (Lipinski definition) is 5. The number of amides is 2.